The number of rotatable bonds is 23. The number of ether oxygens (including phenoxy) is 5. The third kappa shape index (κ3) is 11.9. The van der Waals surface area contributed by atoms with Crippen molar-refractivity contribution in [2.24, 2.45) is 5.92 Å². The lowest BCUT2D eigenvalue weighted by Crippen LogP contribution is -2.47. The van der Waals surface area contributed by atoms with E-state index in [0.717, 1.165) is 16.7 Å². The predicted octanol–water partition coefficient (Wildman–Crippen LogP) is 8.59. The summed E-state index contributed by atoms with van der Waals surface area (Å²) >= 11 is 0. The minimum absolute atomic E-state index is 0.0280. The molecule has 3 heterocycles. The Kier molecular flexibility index (Phi) is 17.7. The molecule has 4 atom stereocenters. The van der Waals surface area contributed by atoms with Crippen molar-refractivity contribution in [1.29, 1.82) is 0 Å². The SMILES string of the molecule is COc1ccc(C(=O)NCCOP(O[C@@]2(O)C[C@H](n3cnc4c(=O)n(C(C)C)c(NC(=O)C(C)C)nc43)O[C@@H]2COC(c2ccccc2)(c2ccc(OC)cc2)c2ccc(OC)cc2)N(C(C)C)C(C)C)cc1. The average molecular weight is 1020 g/mol. The first-order valence-electron chi connectivity index (χ1n) is 24.4. The number of nitrogens with one attached hydrogen (secondary N) is 2. The third-order valence-corrected chi connectivity index (χ3v) is 14.7. The Bertz CT molecular complexity index is 2790. The zero-order valence-corrected chi connectivity index (χ0v) is 44.3. The predicted molar refractivity (Wildman–Crippen MR) is 279 cm³/mol. The molecule has 19 heteroatoms. The molecule has 1 aliphatic heterocycles. The van der Waals surface area contributed by atoms with Crippen molar-refractivity contribution in [2.45, 2.75) is 104 Å². The Morgan fingerprint density at radius 1 is 0.822 bits per heavy atom. The van der Waals surface area contributed by atoms with Crippen molar-refractivity contribution >= 4 is 37.5 Å². The van der Waals surface area contributed by atoms with Crippen LogP contribution >= 0.6 is 8.53 Å². The Morgan fingerprint density at radius 3 is 1.89 bits per heavy atom. The maximum atomic E-state index is 14.2. The van der Waals surface area contributed by atoms with Crippen LogP contribution in [0.4, 0.5) is 5.95 Å². The Morgan fingerprint density at radius 2 is 1.37 bits per heavy atom. The Balaban J connectivity index is 1.32. The van der Waals surface area contributed by atoms with E-state index >= 15 is 0 Å². The second-order valence-electron chi connectivity index (χ2n) is 18.8. The molecule has 73 heavy (non-hydrogen) atoms. The molecule has 1 saturated heterocycles. The van der Waals surface area contributed by atoms with Gasteiger partial charge in [0.25, 0.3) is 20.0 Å². The summed E-state index contributed by atoms with van der Waals surface area (Å²) in [4.78, 5) is 49.8. The molecule has 0 radical (unpaired) electrons. The number of nitrogens with zero attached hydrogens (tertiary/aromatic N) is 5. The minimum atomic E-state index is -2.15. The summed E-state index contributed by atoms with van der Waals surface area (Å²) in [6.45, 7) is 15.1. The first-order chi connectivity index (χ1) is 34.9. The molecular formula is C54H68N7O11P. The summed E-state index contributed by atoms with van der Waals surface area (Å²) in [7, 11) is 2.67. The average Bonchev–Trinajstić information content (AvgIpc) is 3.96. The minimum Gasteiger partial charge on any atom is -0.497 e. The number of fused-ring (bicyclic) bond motifs is 1. The van der Waals surface area contributed by atoms with Crippen LogP contribution in [0.5, 0.6) is 17.2 Å². The highest BCUT2D eigenvalue weighted by Gasteiger charge is 2.54. The molecule has 7 rings (SSSR count). The first kappa shape index (κ1) is 54.5. The monoisotopic (exact) mass is 1020 g/mol. The number of hydrogen-bond acceptors (Lipinski definition) is 14. The molecule has 3 N–H and O–H groups in total. The molecular weight excluding hydrogens is 954 g/mol. The van der Waals surface area contributed by atoms with E-state index in [4.69, 9.17) is 37.7 Å². The van der Waals surface area contributed by atoms with Gasteiger partial charge in [0.15, 0.2) is 11.2 Å². The summed E-state index contributed by atoms with van der Waals surface area (Å²) in [6.07, 6.45) is -1.05. The maximum Gasteiger partial charge on any atom is 0.283 e. The molecule has 1 unspecified atom stereocenters. The number of imidazole rings is 1. The lowest BCUT2D eigenvalue weighted by molar-refractivity contribution is -0.201. The molecule has 0 bridgehead atoms. The lowest BCUT2D eigenvalue weighted by Gasteiger charge is -2.41. The zero-order chi connectivity index (χ0) is 52.6. The van der Waals surface area contributed by atoms with Gasteiger partial charge in [-0.25, -0.2) is 9.65 Å². The van der Waals surface area contributed by atoms with Crippen molar-refractivity contribution in [3.8, 4) is 17.2 Å². The second-order valence-corrected chi connectivity index (χ2v) is 20.2. The number of methoxy groups -OCH3 is 3. The number of amides is 2. The van der Waals surface area contributed by atoms with Crippen LogP contribution in [0.2, 0.25) is 0 Å². The summed E-state index contributed by atoms with van der Waals surface area (Å²) < 4.78 is 49.2. The highest BCUT2D eigenvalue weighted by atomic mass is 31.2. The lowest BCUT2D eigenvalue weighted by atomic mass is 9.80. The fourth-order valence-electron chi connectivity index (χ4n) is 8.82. The molecule has 0 spiro atoms. The summed E-state index contributed by atoms with van der Waals surface area (Å²) in [5, 5.41) is 19.1. The quantitative estimate of drug-likeness (QED) is 0.0239. The van der Waals surface area contributed by atoms with Gasteiger partial charge in [-0.15, -0.1) is 0 Å². The van der Waals surface area contributed by atoms with Crippen molar-refractivity contribution in [2.75, 3.05) is 46.4 Å². The van der Waals surface area contributed by atoms with Gasteiger partial charge in [-0.1, -0.05) is 68.4 Å². The van der Waals surface area contributed by atoms with Gasteiger partial charge in [0, 0.05) is 36.2 Å². The number of benzene rings is 4. The molecule has 1 aliphatic rings. The van der Waals surface area contributed by atoms with E-state index in [9.17, 15) is 19.5 Å². The number of aliphatic hydroxyl groups is 1. The standard InChI is InChI=1S/C54H68N7O11P/c1-34(2)49(62)58-52-57-48-47(51(64)60(52)35(3)4)56-33-59(48)46-31-53(65,72-73(61(36(5)6)37(7)8)70-30-29-55-50(63)38-17-23-42(66-9)24-18-38)45(71-46)32-69-54(39-15-13-12-14-16-39,40-19-25-43(67-10)26-20-40)41-21-27-44(68-11)28-22-41/h12-28,33-37,45-46,65H,29-32H2,1-11H3,(H,55,63)(H,57,58,62)/t45-,46-,53+,73?/m1/s1. The van der Waals surface area contributed by atoms with Gasteiger partial charge in [-0.2, -0.15) is 4.98 Å². The van der Waals surface area contributed by atoms with E-state index in [1.807, 2.05) is 125 Å². The molecule has 18 nitrogen and oxygen atoms in total. The van der Waals surface area contributed by atoms with Crippen molar-refractivity contribution in [1.82, 2.24) is 29.1 Å². The number of carbonyl (C=O) groups is 2. The molecule has 1 fully saturated rings. The zero-order valence-electron chi connectivity index (χ0n) is 43.4. The van der Waals surface area contributed by atoms with Crippen molar-refractivity contribution in [3.05, 3.63) is 142 Å². The number of hydrogen-bond donors (Lipinski definition) is 3. The van der Waals surface area contributed by atoms with Gasteiger partial charge in [0.2, 0.25) is 17.6 Å². The highest BCUT2D eigenvalue weighted by molar-refractivity contribution is 7.44. The fraction of sp³-hybridized carbons (Fsp3) is 0.426. The second kappa shape index (κ2) is 23.7. The summed E-state index contributed by atoms with van der Waals surface area (Å²) in [6, 6.07) is 31.1. The van der Waals surface area contributed by atoms with Crippen LogP contribution in [0.25, 0.3) is 11.2 Å². The molecule has 6 aromatic rings. The molecule has 2 aromatic heterocycles. The van der Waals surface area contributed by atoms with Crippen molar-refractivity contribution in [3.63, 3.8) is 0 Å². The van der Waals surface area contributed by atoms with Gasteiger partial charge in [-0.05, 0) is 107 Å². The molecule has 4 aromatic carbocycles. The van der Waals surface area contributed by atoms with E-state index < -0.39 is 43.7 Å². The van der Waals surface area contributed by atoms with Crippen LogP contribution < -0.4 is 30.4 Å². The van der Waals surface area contributed by atoms with Crippen LogP contribution in [0.15, 0.2) is 114 Å². The fourth-order valence-corrected chi connectivity index (χ4v) is 10.6. The van der Waals surface area contributed by atoms with Crippen LogP contribution in [0.1, 0.15) is 101 Å². The normalized spacial score (nSPS) is 17.5. The van der Waals surface area contributed by atoms with E-state index in [2.05, 4.69) is 15.6 Å². The largest absolute Gasteiger partial charge is 0.497 e. The van der Waals surface area contributed by atoms with Gasteiger partial charge in [0.1, 0.15) is 35.2 Å². The van der Waals surface area contributed by atoms with E-state index in [1.165, 1.54) is 10.9 Å². The molecule has 0 saturated carbocycles. The van der Waals surface area contributed by atoms with Crippen LogP contribution in [0.3, 0.4) is 0 Å². The number of anilines is 1. The van der Waals surface area contributed by atoms with E-state index in [-0.39, 0.29) is 73.2 Å². The van der Waals surface area contributed by atoms with Crippen LogP contribution in [0, 0.1) is 5.92 Å². The molecule has 0 aliphatic carbocycles. The molecule has 390 valence electrons. The molecule has 2 amide bonds. The number of carbonyl (C=O) groups excluding carboxylic acids is 2. The van der Waals surface area contributed by atoms with Gasteiger partial charge < -0.3 is 38.6 Å². The Hall–Kier alpha value is -6.24. The summed E-state index contributed by atoms with van der Waals surface area (Å²) in [5.41, 5.74) is 1.11. The van der Waals surface area contributed by atoms with E-state index in [0.29, 0.717) is 22.8 Å². The number of aromatic nitrogens is 4. The topological polar surface area (TPSA) is 199 Å². The smallest absolute Gasteiger partial charge is 0.283 e. The van der Waals surface area contributed by atoms with E-state index in [1.54, 1.807) is 64.0 Å². The third-order valence-electron chi connectivity index (χ3n) is 12.6. The van der Waals surface area contributed by atoms with Crippen LogP contribution in [-0.4, -0.2) is 106 Å². The highest BCUT2D eigenvalue weighted by Crippen LogP contribution is 2.54. The maximum absolute atomic E-state index is 14.2. The summed E-state index contributed by atoms with van der Waals surface area (Å²) in [5.74, 6) is -1.21. The van der Waals surface area contributed by atoms with Crippen LogP contribution in [-0.2, 0) is 28.9 Å². The van der Waals surface area contributed by atoms with Gasteiger partial charge >= 0.3 is 0 Å². The van der Waals surface area contributed by atoms with Crippen molar-refractivity contribution < 1.29 is 47.4 Å². The van der Waals surface area contributed by atoms with Gasteiger partial charge in [0.05, 0.1) is 47.3 Å². The van der Waals surface area contributed by atoms with Gasteiger partial charge in [-0.3, -0.25) is 33.4 Å². The Labute approximate surface area is 427 Å². The first-order valence-corrected chi connectivity index (χ1v) is 25.6.